The number of hydrogen-bond donors (Lipinski definition) is 2. The highest BCUT2D eigenvalue weighted by Gasteiger charge is 2.20. The minimum Gasteiger partial charge on any atom is -0.491 e. The standard InChI is InChI=1S/C16H22N4O3/c1-17-15(12-10-18-20(2)11-12)16(21)19-13-5-4-6-14(9-13)23-8-7-22-3/h4-6,9-11,15,17H,7-8H2,1-3H3,(H,19,21). The first-order valence-corrected chi connectivity index (χ1v) is 7.32. The smallest absolute Gasteiger partial charge is 0.246 e. The molecule has 1 aromatic heterocycles. The molecule has 0 saturated heterocycles. The highest BCUT2D eigenvalue weighted by Crippen LogP contribution is 2.19. The van der Waals surface area contributed by atoms with E-state index in [1.165, 1.54) is 0 Å². The Balaban J connectivity index is 2.02. The van der Waals surface area contributed by atoms with Gasteiger partial charge in [0.05, 0.1) is 12.8 Å². The number of carbonyl (C=O) groups excluding carboxylic acids is 1. The summed E-state index contributed by atoms with van der Waals surface area (Å²) < 4.78 is 12.1. The Morgan fingerprint density at radius 3 is 2.87 bits per heavy atom. The SMILES string of the molecule is CNC(C(=O)Nc1cccc(OCCOC)c1)c1cnn(C)c1. The molecule has 0 bridgehead atoms. The number of aryl methyl sites for hydroxylation is 1. The van der Waals surface area contributed by atoms with Crippen molar-refractivity contribution in [3.05, 3.63) is 42.2 Å². The number of benzene rings is 1. The van der Waals surface area contributed by atoms with Gasteiger partial charge in [0.25, 0.3) is 0 Å². The van der Waals surface area contributed by atoms with Crippen molar-refractivity contribution in [2.24, 2.45) is 7.05 Å². The second-order valence-corrected chi connectivity index (χ2v) is 5.03. The number of methoxy groups -OCH3 is 1. The predicted molar refractivity (Wildman–Crippen MR) is 87.5 cm³/mol. The van der Waals surface area contributed by atoms with E-state index in [1.54, 1.807) is 31.1 Å². The van der Waals surface area contributed by atoms with Gasteiger partial charge in [-0.15, -0.1) is 0 Å². The van der Waals surface area contributed by atoms with Gasteiger partial charge in [-0.3, -0.25) is 9.48 Å². The monoisotopic (exact) mass is 318 g/mol. The molecule has 0 aliphatic carbocycles. The summed E-state index contributed by atoms with van der Waals surface area (Å²) >= 11 is 0. The van der Waals surface area contributed by atoms with Gasteiger partial charge in [0.1, 0.15) is 18.4 Å². The molecule has 0 saturated carbocycles. The number of likely N-dealkylation sites (N-methyl/N-ethyl adjacent to an activating group) is 1. The molecule has 0 spiro atoms. The van der Waals surface area contributed by atoms with Crippen molar-refractivity contribution in [1.82, 2.24) is 15.1 Å². The highest BCUT2D eigenvalue weighted by molar-refractivity contribution is 5.95. The molecule has 23 heavy (non-hydrogen) atoms. The first-order valence-electron chi connectivity index (χ1n) is 7.32. The number of rotatable bonds is 8. The molecule has 1 aromatic carbocycles. The van der Waals surface area contributed by atoms with Gasteiger partial charge in [-0.25, -0.2) is 0 Å². The molecule has 2 rings (SSSR count). The Morgan fingerprint density at radius 2 is 2.22 bits per heavy atom. The molecule has 0 fully saturated rings. The van der Waals surface area contributed by atoms with E-state index in [4.69, 9.17) is 9.47 Å². The summed E-state index contributed by atoms with van der Waals surface area (Å²) in [7, 11) is 5.17. The lowest BCUT2D eigenvalue weighted by molar-refractivity contribution is -0.118. The molecular formula is C16H22N4O3. The van der Waals surface area contributed by atoms with Crippen LogP contribution in [0.5, 0.6) is 5.75 Å². The second kappa shape index (κ2) is 8.30. The maximum Gasteiger partial charge on any atom is 0.246 e. The molecule has 1 atom stereocenters. The molecule has 0 radical (unpaired) electrons. The summed E-state index contributed by atoms with van der Waals surface area (Å²) in [6, 6.07) is 6.79. The minimum atomic E-state index is -0.471. The summed E-state index contributed by atoms with van der Waals surface area (Å²) in [5.74, 6) is 0.525. The number of carbonyl (C=O) groups is 1. The Hall–Kier alpha value is -2.38. The first kappa shape index (κ1) is 17.0. The average Bonchev–Trinajstić information content (AvgIpc) is 2.95. The van der Waals surface area contributed by atoms with Crippen LogP contribution in [0.15, 0.2) is 36.7 Å². The topological polar surface area (TPSA) is 77.4 Å². The van der Waals surface area contributed by atoms with E-state index in [2.05, 4.69) is 15.7 Å². The lowest BCUT2D eigenvalue weighted by Crippen LogP contribution is -2.30. The van der Waals surface area contributed by atoms with E-state index >= 15 is 0 Å². The molecule has 0 aliphatic rings. The van der Waals surface area contributed by atoms with Gasteiger partial charge < -0.3 is 20.1 Å². The van der Waals surface area contributed by atoms with Crippen molar-refractivity contribution < 1.29 is 14.3 Å². The summed E-state index contributed by atoms with van der Waals surface area (Å²) in [5, 5.41) is 9.97. The van der Waals surface area contributed by atoms with E-state index in [0.29, 0.717) is 24.7 Å². The van der Waals surface area contributed by atoms with Crippen LogP contribution >= 0.6 is 0 Å². The number of nitrogens with zero attached hydrogens (tertiary/aromatic N) is 2. The van der Waals surface area contributed by atoms with Crippen LogP contribution in [0.4, 0.5) is 5.69 Å². The van der Waals surface area contributed by atoms with Crippen molar-refractivity contribution in [2.75, 3.05) is 32.7 Å². The molecular weight excluding hydrogens is 296 g/mol. The van der Waals surface area contributed by atoms with Crippen LogP contribution in [-0.2, 0) is 16.6 Å². The van der Waals surface area contributed by atoms with Gasteiger partial charge in [-0.1, -0.05) is 6.07 Å². The number of hydrogen-bond acceptors (Lipinski definition) is 5. The average molecular weight is 318 g/mol. The summed E-state index contributed by atoms with van der Waals surface area (Å²) in [4.78, 5) is 12.5. The largest absolute Gasteiger partial charge is 0.491 e. The van der Waals surface area contributed by atoms with Gasteiger partial charge in [0, 0.05) is 37.7 Å². The van der Waals surface area contributed by atoms with E-state index in [-0.39, 0.29) is 5.91 Å². The van der Waals surface area contributed by atoms with E-state index in [1.807, 2.05) is 31.4 Å². The zero-order chi connectivity index (χ0) is 16.7. The summed E-state index contributed by atoms with van der Waals surface area (Å²) in [6.07, 6.45) is 3.48. The predicted octanol–water partition coefficient (Wildman–Crippen LogP) is 1.34. The lowest BCUT2D eigenvalue weighted by Gasteiger charge is -2.15. The maximum absolute atomic E-state index is 12.5. The van der Waals surface area contributed by atoms with Crippen molar-refractivity contribution in [1.29, 1.82) is 0 Å². The Bertz CT molecular complexity index is 642. The first-order chi connectivity index (χ1) is 11.1. The van der Waals surface area contributed by atoms with Gasteiger partial charge in [-0.05, 0) is 19.2 Å². The molecule has 1 amide bonds. The van der Waals surface area contributed by atoms with Crippen LogP contribution in [0.25, 0.3) is 0 Å². The molecule has 2 aromatic rings. The summed E-state index contributed by atoms with van der Waals surface area (Å²) in [5.41, 5.74) is 1.48. The molecule has 1 heterocycles. The zero-order valence-corrected chi connectivity index (χ0v) is 13.6. The van der Waals surface area contributed by atoms with E-state index < -0.39 is 6.04 Å². The van der Waals surface area contributed by atoms with Gasteiger partial charge in [0.2, 0.25) is 5.91 Å². The molecule has 0 aliphatic heterocycles. The van der Waals surface area contributed by atoms with Crippen LogP contribution in [0.2, 0.25) is 0 Å². The number of ether oxygens (including phenoxy) is 2. The van der Waals surface area contributed by atoms with Crippen LogP contribution in [0.3, 0.4) is 0 Å². The van der Waals surface area contributed by atoms with Crippen LogP contribution in [0, 0.1) is 0 Å². The number of anilines is 1. The van der Waals surface area contributed by atoms with Crippen molar-refractivity contribution in [2.45, 2.75) is 6.04 Å². The number of nitrogens with one attached hydrogen (secondary N) is 2. The molecule has 1 unspecified atom stereocenters. The Kier molecular flexibility index (Phi) is 6.13. The van der Waals surface area contributed by atoms with Crippen LogP contribution < -0.4 is 15.4 Å². The van der Waals surface area contributed by atoms with E-state index in [9.17, 15) is 4.79 Å². The van der Waals surface area contributed by atoms with Crippen molar-refractivity contribution >= 4 is 11.6 Å². The Morgan fingerprint density at radius 1 is 1.39 bits per heavy atom. The fourth-order valence-electron chi connectivity index (χ4n) is 2.16. The maximum atomic E-state index is 12.5. The van der Waals surface area contributed by atoms with Crippen LogP contribution in [0.1, 0.15) is 11.6 Å². The van der Waals surface area contributed by atoms with Gasteiger partial charge >= 0.3 is 0 Å². The van der Waals surface area contributed by atoms with Crippen molar-refractivity contribution in [3.63, 3.8) is 0 Å². The lowest BCUT2D eigenvalue weighted by atomic mass is 10.1. The third-order valence-corrected chi connectivity index (χ3v) is 3.27. The number of aromatic nitrogens is 2. The van der Waals surface area contributed by atoms with Gasteiger partial charge in [-0.2, -0.15) is 5.10 Å². The van der Waals surface area contributed by atoms with E-state index in [0.717, 1.165) is 5.56 Å². The number of amides is 1. The van der Waals surface area contributed by atoms with Crippen LogP contribution in [-0.4, -0.2) is 43.1 Å². The fraction of sp³-hybridized carbons (Fsp3) is 0.375. The molecule has 124 valence electrons. The third kappa shape index (κ3) is 4.80. The fourth-order valence-corrected chi connectivity index (χ4v) is 2.16. The zero-order valence-electron chi connectivity index (χ0n) is 13.6. The molecule has 2 N–H and O–H groups in total. The highest BCUT2D eigenvalue weighted by atomic mass is 16.5. The normalized spacial score (nSPS) is 12.0. The Labute approximate surface area is 135 Å². The van der Waals surface area contributed by atoms with Crippen molar-refractivity contribution in [3.8, 4) is 5.75 Å². The minimum absolute atomic E-state index is 0.158. The second-order valence-electron chi connectivity index (χ2n) is 5.03. The molecule has 7 heteroatoms. The van der Waals surface area contributed by atoms with Gasteiger partial charge in [0.15, 0.2) is 0 Å². The summed E-state index contributed by atoms with van der Waals surface area (Å²) in [6.45, 7) is 0.974. The third-order valence-electron chi connectivity index (χ3n) is 3.27. The molecule has 7 nitrogen and oxygen atoms in total. The quantitative estimate of drug-likeness (QED) is 0.718.